The molecule has 2 nitrogen and oxygen atoms in total. The molecule has 82 valence electrons. The summed E-state index contributed by atoms with van der Waals surface area (Å²) in [5.74, 6) is 0.620. The standard InChI is InChI=1S/C11H12BrClO2/c1-7(13)6-15-11-4-3-9(12)5-10(11)8(2)14/h3-5,8,14H,1,6H2,2H3/t8-/m1/s1. The lowest BCUT2D eigenvalue weighted by atomic mass is 10.1. The molecule has 0 saturated heterocycles. The van der Waals surface area contributed by atoms with Crippen LogP contribution in [-0.2, 0) is 0 Å². The molecule has 0 amide bonds. The van der Waals surface area contributed by atoms with Crippen molar-refractivity contribution in [2.45, 2.75) is 13.0 Å². The normalized spacial score (nSPS) is 12.3. The number of aliphatic hydroxyl groups is 1. The first-order chi connectivity index (χ1) is 7.00. The fourth-order valence-electron chi connectivity index (χ4n) is 1.13. The Morgan fingerprint density at radius 3 is 2.87 bits per heavy atom. The second-order valence-corrected chi connectivity index (χ2v) is 4.61. The van der Waals surface area contributed by atoms with Gasteiger partial charge in [-0.2, -0.15) is 0 Å². The van der Waals surface area contributed by atoms with Gasteiger partial charge in [0.05, 0.1) is 6.10 Å². The molecule has 0 spiro atoms. The highest BCUT2D eigenvalue weighted by Gasteiger charge is 2.09. The molecule has 1 N–H and O–H groups in total. The second-order valence-electron chi connectivity index (χ2n) is 3.16. The van der Waals surface area contributed by atoms with Crippen molar-refractivity contribution in [3.05, 3.63) is 39.8 Å². The zero-order valence-electron chi connectivity index (χ0n) is 8.34. The minimum atomic E-state index is -0.582. The number of ether oxygens (including phenoxy) is 1. The van der Waals surface area contributed by atoms with Gasteiger partial charge in [-0.1, -0.05) is 34.1 Å². The van der Waals surface area contributed by atoms with Crippen molar-refractivity contribution in [1.82, 2.24) is 0 Å². The van der Waals surface area contributed by atoms with E-state index in [1.807, 2.05) is 12.1 Å². The summed E-state index contributed by atoms with van der Waals surface area (Å²) in [5, 5.41) is 9.96. The quantitative estimate of drug-likeness (QED) is 0.918. The summed E-state index contributed by atoms with van der Waals surface area (Å²) in [4.78, 5) is 0. The highest BCUT2D eigenvalue weighted by atomic mass is 79.9. The molecule has 1 rings (SSSR count). The van der Waals surface area contributed by atoms with Crippen molar-refractivity contribution in [3.63, 3.8) is 0 Å². The number of hydrogen-bond acceptors (Lipinski definition) is 2. The molecule has 0 aromatic heterocycles. The Morgan fingerprint density at radius 2 is 2.33 bits per heavy atom. The Morgan fingerprint density at radius 1 is 1.67 bits per heavy atom. The Bertz CT molecular complexity index is 364. The fourth-order valence-corrected chi connectivity index (χ4v) is 1.57. The molecule has 0 aliphatic rings. The van der Waals surface area contributed by atoms with Crippen molar-refractivity contribution in [1.29, 1.82) is 0 Å². The van der Waals surface area contributed by atoms with Crippen LogP contribution in [0.3, 0.4) is 0 Å². The molecule has 0 heterocycles. The summed E-state index contributed by atoms with van der Waals surface area (Å²) < 4.78 is 6.30. The largest absolute Gasteiger partial charge is 0.488 e. The smallest absolute Gasteiger partial charge is 0.125 e. The van der Waals surface area contributed by atoms with Gasteiger partial charge in [0.1, 0.15) is 12.4 Å². The van der Waals surface area contributed by atoms with Crippen molar-refractivity contribution >= 4 is 27.5 Å². The highest BCUT2D eigenvalue weighted by molar-refractivity contribution is 9.10. The lowest BCUT2D eigenvalue weighted by Crippen LogP contribution is -2.02. The molecule has 1 aromatic rings. The fraction of sp³-hybridized carbons (Fsp3) is 0.273. The Hall–Kier alpha value is -0.510. The highest BCUT2D eigenvalue weighted by Crippen LogP contribution is 2.28. The van der Waals surface area contributed by atoms with Gasteiger partial charge >= 0.3 is 0 Å². The SMILES string of the molecule is C=C(Cl)COc1ccc(Br)cc1[C@@H](C)O. The van der Waals surface area contributed by atoms with Gasteiger partial charge in [0.25, 0.3) is 0 Å². The number of benzene rings is 1. The third-order valence-electron chi connectivity index (χ3n) is 1.81. The van der Waals surface area contributed by atoms with E-state index in [1.165, 1.54) is 0 Å². The number of halogens is 2. The molecule has 15 heavy (non-hydrogen) atoms. The van der Waals surface area contributed by atoms with E-state index in [1.54, 1.807) is 13.0 Å². The summed E-state index contributed by atoms with van der Waals surface area (Å²) in [7, 11) is 0. The Balaban J connectivity index is 2.90. The minimum absolute atomic E-state index is 0.239. The van der Waals surface area contributed by atoms with Gasteiger partial charge in [-0.15, -0.1) is 0 Å². The van der Waals surface area contributed by atoms with Gasteiger partial charge in [-0.3, -0.25) is 0 Å². The van der Waals surface area contributed by atoms with Crippen LogP contribution in [0.4, 0.5) is 0 Å². The molecular formula is C11H12BrClO2. The first-order valence-corrected chi connectivity index (χ1v) is 5.61. The van der Waals surface area contributed by atoms with E-state index in [9.17, 15) is 5.11 Å². The van der Waals surface area contributed by atoms with Crippen LogP contribution < -0.4 is 4.74 Å². The molecule has 0 radical (unpaired) electrons. The van der Waals surface area contributed by atoms with Crippen LogP contribution >= 0.6 is 27.5 Å². The topological polar surface area (TPSA) is 29.5 Å². The predicted molar refractivity (Wildman–Crippen MR) is 65.3 cm³/mol. The van der Waals surface area contributed by atoms with Crippen LogP contribution in [0.15, 0.2) is 34.3 Å². The van der Waals surface area contributed by atoms with E-state index in [-0.39, 0.29) is 6.61 Å². The van der Waals surface area contributed by atoms with E-state index in [0.717, 1.165) is 10.0 Å². The van der Waals surface area contributed by atoms with E-state index in [2.05, 4.69) is 22.5 Å². The Kier molecular flexibility index (Phi) is 4.64. The lowest BCUT2D eigenvalue weighted by Gasteiger charge is -2.13. The van der Waals surface area contributed by atoms with Gasteiger partial charge < -0.3 is 9.84 Å². The van der Waals surface area contributed by atoms with Gasteiger partial charge in [0.15, 0.2) is 0 Å². The van der Waals surface area contributed by atoms with Crippen LogP contribution in [0.25, 0.3) is 0 Å². The van der Waals surface area contributed by atoms with Crippen molar-refractivity contribution in [2.75, 3.05) is 6.61 Å². The minimum Gasteiger partial charge on any atom is -0.488 e. The molecule has 0 unspecified atom stereocenters. The average Bonchev–Trinajstić information content (AvgIpc) is 2.15. The zero-order valence-corrected chi connectivity index (χ0v) is 10.7. The number of hydrogen-bond donors (Lipinski definition) is 1. The maximum Gasteiger partial charge on any atom is 0.125 e. The summed E-state index contributed by atoms with van der Waals surface area (Å²) in [6, 6.07) is 5.45. The maximum atomic E-state index is 9.54. The molecule has 1 atom stereocenters. The van der Waals surface area contributed by atoms with Gasteiger partial charge in [-0.25, -0.2) is 0 Å². The molecular weight excluding hydrogens is 279 g/mol. The van der Waals surface area contributed by atoms with E-state index in [4.69, 9.17) is 16.3 Å². The molecule has 0 bridgehead atoms. The lowest BCUT2D eigenvalue weighted by molar-refractivity contribution is 0.192. The first kappa shape index (κ1) is 12.6. The van der Waals surface area contributed by atoms with Gasteiger partial charge in [0.2, 0.25) is 0 Å². The number of aliphatic hydroxyl groups excluding tert-OH is 1. The van der Waals surface area contributed by atoms with Crippen molar-refractivity contribution in [3.8, 4) is 5.75 Å². The second kappa shape index (κ2) is 5.54. The van der Waals surface area contributed by atoms with Crippen molar-refractivity contribution < 1.29 is 9.84 Å². The van der Waals surface area contributed by atoms with E-state index in [0.29, 0.717) is 10.8 Å². The molecule has 0 saturated carbocycles. The monoisotopic (exact) mass is 290 g/mol. The molecule has 1 aromatic carbocycles. The maximum absolute atomic E-state index is 9.54. The van der Waals surface area contributed by atoms with E-state index >= 15 is 0 Å². The van der Waals surface area contributed by atoms with Crippen LogP contribution in [0.5, 0.6) is 5.75 Å². The van der Waals surface area contributed by atoms with Gasteiger partial charge in [-0.05, 0) is 25.1 Å². The summed E-state index contributed by atoms with van der Waals surface area (Å²) in [5.41, 5.74) is 0.724. The first-order valence-electron chi connectivity index (χ1n) is 4.44. The molecule has 0 fully saturated rings. The van der Waals surface area contributed by atoms with Crippen LogP contribution in [0, 0.1) is 0 Å². The van der Waals surface area contributed by atoms with Gasteiger partial charge in [0, 0.05) is 15.1 Å². The average molecular weight is 292 g/mol. The third-order valence-corrected chi connectivity index (χ3v) is 2.41. The number of rotatable bonds is 4. The van der Waals surface area contributed by atoms with Crippen LogP contribution in [0.2, 0.25) is 0 Å². The zero-order chi connectivity index (χ0) is 11.4. The molecule has 4 heteroatoms. The Labute approximate surface area is 103 Å². The molecule has 0 aliphatic heterocycles. The van der Waals surface area contributed by atoms with Crippen molar-refractivity contribution in [2.24, 2.45) is 0 Å². The predicted octanol–water partition coefficient (Wildman–Crippen LogP) is 3.63. The summed E-state index contributed by atoms with van der Waals surface area (Å²) in [6.07, 6.45) is -0.582. The summed E-state index contributed by atoms with van der Waals surface area (Å²) in [6.45, 7) is 5.45. The van der Waals surface area contributed by atoms with E-state index < -0.39 is 6.10 Å². The summed E-state index contributed by atoms with van der Waals surface area (Å²) >= 11 is 8.93. The molecule has 0 aliphatic carbocycles. The third kappa shape index (κ3) is 3.86. The van der Waals surface area contributed by atoms with Crippen LogP contribution in [-0.4, -0.2) is 11.7 Å². The van der Waals surface area contributed by atoms with Crippen LogP contribution in [0.1, 0.15) is 18.6 Å².